The average molecular weight is 159 g/mol. The molecule has 0 rings (SSSR count). The maximum atomic E-state index is 9.98. The van der Waals surface area contributed by atoms with Crippen LogP contribution in [0.15, 0.2) is 5.34 Å². The number of carbonyl (C=O) groups excluding carboxylic acids is 1. The van der Waals surface area contributed by atoms with Crippen LogP contribution in [0, 0.1) is 4.91 Å². The molecule has 9 heavy (non-hydrogen) atoms. The van der Waals surface area contributed by atoms with Crippen LogP contribution in [0.4, 0.5) is 0 Å². The third-order valence-electron chi connectivity index (χ3n) is 0.468. The Labute approximate surface area is 94.1 Å². The number of rotatable bonds is 2. The van der Waals surface area contributed by atoms with Crippen LogP contribution in [-0.4, -0.2) is 68.6 Å². The molecule has 0 fully saturated rings. The monoisotopic (exact) mass is 159 g/mol. The van der Waals surface area contributed by atoms with Crippen molar-refractivity contribution in [3.05, 3.63) is 4.91 Å². The molecule has 0 saturated heterocycles. The van der Waals surface area contributed by atoms with E-state index in [1.54, 1.807) is 5.34 Å². The van der Waals surface area contributed by atoms with Crippen molar-refractivity contribution >= 4 is 57.4 Å². The van der Waals surface area contributed by atoms with Gasteiger partial charge in [0.05, 0.1) is 0 Å². The Bertz CT molecular complexity index is 104. The molecule has 0 saturated carbocycles. The zero-order valence-corrected chi connectivity index (χ0v) is 4.20. The molecule has 0 aromatic rings. The second-order valence-corrected chi connectivity index (χ2v) is 1.16. The summed E-state index contributed by atoms with van der Waals surface area (Å²) in [5, 5.41) is 10.1. The minimum atomic E-state index is -1.28. The van der Waals surface area contributed by atoms with Gasteiger partial charge in [0.2, 0.25) is 0 Å². The summed E-state index contributed by atoms with van der Waals surface area (Å²) in [6, 6.07) is 0. The van der Waals surface area contributed by atoms with Gasteiger partial charge < -0.3 is 5.11 Å². The molecule has 0 radical (unpaired) electrons. The van der Waals surface area contributed by atoms with E-state index in [4.69, 9.17) is 10.0 Å². The van der Waals surface area contributed by atoms with Crippen LogP contribution in [-0.2, 0) is 9.63 Å². The van der Waals surface area contributed by atoms with Gasteiger partial charge >= 0.3 is 57.4 Å². The fraction of sp³-hybridized carbons (Fsp3) is 0.667. The maximum absolute atomic E-state index is 9.98. The van der Waals surface area contributed by atoms with Gasteiger partial charge in [-0.3, -0.25) is 4.84 Å². The fourth-order valence-electron chi connectivity index (χ4n) is 0.113. The van der Waals surface area contributed by atoms with Crippen LogP contribution >= 0.6 is 0 Å². The first-order valence-corrected chi connectivity index (χ1v) is 1.90. The van der Waals surface area contributed by atoms with Gasteiger partial charge in [-0.25, -0.2) is 4.79 Å². The van der Waals surface area contributed by atoms with Crippen molar-refractivity contribution < 1.29 is 14.7 Å². The molecule has 1 unspecified atom stereocenters. The van der Waals surface area contributed by atoms with Gasteiger partial charge in [0.15, 0.2) is 11.4 Å². The van der Waals surface area contributed by atoms with Crippen molar-refractivity contribution in [3.8, 4) is 0 Å². The van der Waals surface area contributed by atoms with Crippen LogP contribution in [0.1, 0.15) is 6.92 Å². The summed E-state index contributed by atoms with van der Waals surface area (Å²) in [6.45, 7) is 1.17. The van der Waals surface area contributed by atoms with Crippen molar-refractivity contribution in [1.29, 1.82) is 0 Å². The molecule has 0 aliphatic heterocycles. The third-order valence-corrected chi connectivity index (χ3v) is 0.468. The van der Waals surface area contributed by atoms with E-state index in [9.17, 15) is 4.79 Å². The molecular weight excluding hydrogens is 153 g/mol. The molecule has 6 heteroatoms. The van der Waals surface area contributed by atoms with E-state index in [0.29, 0.717) is 0 Å². The Morgan fingerprint density at radius 2 is 2.22 bits per heavy atom. The molecular formula is C3H6KNO4. The molecule has 0 aromatic carbocycles. The van der Waals surface area contributed by atoms with E-state index < -0.39 is 12.1 Å². The topological polar surface area (TPSA) is 76.0 Å². The minimum absolute atomic E-state index is 0. The number of nitrogens with zero attached hydrogens (tertiary/aromatic N) is 1. The molecule has 0 amide bonds. The Kier molecular flexibility index (Phi) is 9.31. The van der Waals surface area contributed by atoms with E-state index >= 15 is 0 Å². The summed E-state index contributed by atoms with van der Waals surface area (Å²) in [5.74, 6) is -1.04. The van der Waals surface area contributed by atoms with E-state index in [0.717, 1.165) is 0 Å². The quantitative estimate of drug-likeness (QED) is 0.316. The van der Waals surface area contributed by atoms with Gasteiger partial charge in [-0.05, 0) is 6.92 Å². The van der Waals surface area contributed by atoms with Gasteiger partial charge in [-0.15, -0.1) is 4.91 Å². The van der Waals surface area contributed by atoms with Crippen molar-refractivity contribution in [2.45, 2.75) is 13.0 Å². The summed E-state index contributed by atoms with van der Waals surface area (Å²) >= 11 is 0. The normalized spacial score (nSPS) is 10.9. The number of hydrogen-bond donors (Lipinski definition) is 1. The summed E-state index contributed by atoms with van der Waals surface area (Å²) in [6.07, 6.45) is -1.28. The standard InChI is InChI=1S/C3H5NO4.K.H/c1-2(5)3(6)8-4-7;;/h2,5H,1H3;;. The van der Waals surface area contributed by atoms with Crippen LogP contribution in [0.3, 0.4) is 0 Å². The Balaban J connectivity index is 0. The van der Waals surface area contributed by atoms with E-state index in [2.05, 4.69) is 4.84 Å². The predicted octanol–water partition coefficient (Wildman–Crippen LogP) is -1.06. The first-order chi connectivity index (χ1) is 3.68. The number of hydrogen-bond acceptors (Lipinski definition) is 5. The Morgan fingerprint density at radius 1 is 1.78 bits per heavy atom. The predicted molar refractivity (Wildman–Crippen MR) is 30.7 cm³/mol. The second kappa shape index (κ2) is 6.78. The number of carbonyl (C=O) groups is 1. The van der Waals surface area contributed by atoms with E-state index in [1.807, 2.05) is 0 Å². The molecule has 1 N–H and O–H groups in total. The average Bonchev–Trinajstić information content (AvgIpc) is 1.67. The van der Waals surface area contributed by atoms with Crippen LogP contribution in [0.5, 0.6) is 0 Å². The van der Waals surface area contributed by atoms with Crippen LogP contribution in [0.2, 0.25) is 0 Å². The molecule has 0 heterocycles. The number of aliphatic hydroxyl groups is 1. The zero-order valence-electron chi connectivity index (χ0n) is 4.20. The second-order valence-electron chi connectivity index (χ2n) is 1.16. The first kappa shape index (κ1) is 12.4. The van der Waals surface area contributed by atoms with Crippen LogP contribution in [0.25, 0.3) is 0 Å². The Morgan fingerprint density at radius 3 is 2.33 bits per heavy atom. The van der Waals surface area contributed by atoms with Gasteiger partial charge in [-0.1, -0.05) is 0 Å². The first-order valence-electron chi connectivity index (χ1n) is 1.90. The molecule has 5 nitrogen and oxygen atoms in total. The summed E-state index contributed by atoms with van der Waals surface area (Å²) < 4.78 is 0. The van der Waals surface area contributed by atoms with Crippen molar-refractivity contribution in [1.82, 2.24) is 0 Å². The van der Waals surface area contributed by atoms with E-state index in [-0.39, 0.29) is 51.4 Å². The summed E-state index contributed by atoms with van der Waals surface area (Å²) in [4.78, 5) is 22.6. The molecule has 0 aliphatic carbocycles. The molecule has 0 aromatic heterocycles. The van der Waals surface area contributed by atoms with Crippen molar-refractivity contribution in [2.24, 2.45) is 5.34 Å². The molecule has 48 valence electrons. The van der Waals surface area contributed by atoms with Gasteiger partial charge in [0.25, 0.3) is 0 Å². The van der Waals surface area contributed by atoms with Crippen LogP contribution < -0.4 is 0 Å². The van der Waals surface area contributed by atoms with Gasteiger partial charge in [0, 0.05) is 0 Å². The molecule has 0 bridgehead atoms. The summed E-state index contributed by atoms with van der Waals surface area (Å²) in [7, 11) is 0. The number of aliphatic hydroxyl groups excluding tert-OH is 1. The Hall–Kier alpha value is 0.666. The molecule has 1 atom stereocenters. The van der Waals surface area contributed by atoms with Crippen molar-refractivity contribution in [3.63, 3.8) is 0 Å². The van der Waals surface area contributed by atoms with Crippen molar-refractivity contribution in [2.75, 3.05) is 0 Å². The SMILES string of the molecule is CC(O)C(=O)ON=O.[KH]. The van der Waals surface area contributed by atoms with E-state index in [1.165, 1.54) is 6.92 Å². The summed E-state index contributed by atoms with van der Waals surface area (Å²) in [5.41, 5.74) is 0. The fourth-order valence-corrected chi connectivity index (χ4v) is 0.113. The molecule has 0 spiro atoms. The molecule has 0 aliphatic rings. The third kappa shape index (κ3) is 6.55. The van der Waals surface area contributed by atoms with Gasteiger partial charge in [-0.2, -0.15) is 0 Å². The van der Waals surface area contributed by atoms with Gasteiger partial charge in [0.1, 0.15) is 0 Å². The zero-order chi connectivity index (χ0) is 6.57.